The van der Waals surface area contributed by atoms with Crippen LogP contribution in [-0.2, 0) is 16.6 Å². The zero-order chi connectivity index (χ0) is 30.7. The Hall–Kier alpha value is -4.34. The van der Waals surface area contributed by atoms with Crippen LogP contribution in [0.2, 0.25) is 0 Å². The Morgan fingerprint density at radius 3 is 2.41 bits per heavy atom. The van der Waals surface area contributed by atoms with Gasteiger partial charge in [0.05, 0.1) is 15.1 Å². The maximum atomic E-state index is 11.5. The van der Waals surface area contributed by atoms with Crippen molar-refractivity contribution in [3.63, 3.8) is 0 Å². The number of anilines is 3. The first-order valence-corrected chi connectivity index (χ1v) is 16.8. The van der Waals surface area contributed by atoms with Gasteiger partial charge in [-0.3, -0.25) is 9.88 Å². The number of aryl methyl sites for hydroxylation is 2. The summed E-state index contributed by atoms with van der Waals surface area (Å²) in [4.78, 5) is 16.4. The van der Waals surface area contributed by atoms with E-state index in [-0.39, 0.29) is 10.9 Å². The second-order valence-corrected chi connectivity index (χ2v) is 13.5. The Labute approximate surface area is 261 Å². The number of nitrogens with two attached hydrogens (primary N) is 1. The first-order chi connectivity index (χ1) is 21.2. The Morgan fingerprint density at radius 2 is 1.73 bits per heavy atom. The van der Waals surface area contributed by atoms with Crippen molar-refractivity contribution < 1.29 is 8.42 Å². The van der Waals surface area contributed by atoms with Crippen LogP contribution in [0, 0.1) is 25.7 Å². The molecule has 0 aliphatic carbocycles. The van der Waals surface area contributed by atoms with E-state index in [9.17, 15) is 8.42 Å². The van der Waals surface area contributed by atoms with Crippen molar-refractivity contribution >= 4 is 49.0 Å². The van der Waals surface area contributed by atoms with Crippen LogP contribution in [-0.4, -0.2) is 47.4 Å². The van der Waals surface area contributed by atoms with Gasteiger partial charge in [-0.25, -0.2) is 18.5 Å². The van der Waals surface area contributed by atoms with Crippen LogP contribution < -0.4 is 15.8 Å². The lowest BCUT2D eigenvalue weighted by Crippen LogP contribution is -2.39. The van der Waals surface area contributed by atoms with Crippen molar-refractivity contribution in [2.24, 2.45) is 5.14 Å². The molecule has 11 heteroatoms. The summed E-state index contributed by atoms with van der Waals surface area (Å²) >= 11 is 1.62. The monoisotopic (exact) mass is 623 g/mol. The highest BCUT2D eigenvalue weighted by atomic mass is 32.2. The Morgan fingerprint density at radius 1 is 1.00 bits per heavy atom. The number of nitrogens with one attached hydrogen (secondary N) is 2. The number of sulfonamides is 1. The summed E-state index contributed by atoms with van der Waals surface area (Å²) in [5.74, 6) is 7.84. The number of piperidine rings is 1. The number of primary sulfonamides is 1. The number of aromatic nitrogens is 3. The molecule has 9 nitrogen and oxygen atoms in total. The molecule has 1 fully saturated rings. The molecule has 224 valence electrons. The van der Waals surface area contributed by atoms with E-state index in [0.29, 0.717) is 5.95 Å². The van der Waals surface area contributed by atoms with Gasteiger partial charge in [0.2, 0.25) is 16.0 Å². The van der Waals surface area contributed by atoms with E-state index in [1.165, 1.54) is 0 Å². The second-order valence-electron chi connectivity index (χ2n) is 11.0. The lowest BCUT2D eigenvalue weighted by molar-refractivity contribution is 0.211. The Balaban J connectivity index is 1.13. The number of thiophene rings is 1. The standard InChI is InChI=1S/C33H33N7O2S2/c1-22-18-26(6-5-24-4-3-14-35-20-24)19-23(2)30(22)38-32-31-29(13-17-43-31)37-33(39-32)36-27-11-15-40(16-12-27)21-25-7-9-28(10-8-25)44(34,41)42/h3-4,7-10,13-14,17-20,27H,11-12,15-16,21H2,1-2H3,(H2,34,41,42)(H2,36,37,38,39). The van der Waals surface area contributed by atoms with Crippen molar-refractivity contribution in [1.82, 2.24) is 19.9 Å². The van der Waals surface area contributed by atoms with Crippen LogP contribution in [0.25, 0.3) is 10.2 Å². The minimum absolute atomic E-state index is 0.133. The topological polar surface area (TPSA) is 126 Å². The smallest absolute Gasteiger partial charge is 0.238 e. The molecule has 3 aromatic heterocycles. The summed E-state index contributed by atoms with van der Waals surface area (Å²) in [5, 5.41) is 14.4. The van der Waals surface area contributed by atoms with E-state index in [1.54, 1.807) is 35.9 Å². The lowest BCUT2D eigenvalue weighted by atomic mass is 10.0. The summed E-state index contributed by atoms with van der Waals surface area (Å²) in [6.45, 7) is 6.75. The number of nitrogens with zero attached hydrogens (tertiary/aromatic N) is 4. The van der Waals surface area contributed by atoms with Gasteiger partial charge >= 0.3 is 0 Å². The van der Waals surface area contributed by atoms with Gasteiger partial charge in [0.1, 0.15) is 0 Å². The quantitative estimate of drug-likeness (QED) is 0.201. The highest BCUT2D eigenvalue weighted by molar-refractivity contribution is 7.89. The molecule has 1 aliphatic rings. The molecule has 5 aromatic rings. The van der Waals surface area contributed by atoms with Gasteiger partial charge in [0, 0.05) is 54.9 Å². The molecule has 0 unspecified atom stereocenters. The fraction of sp³-hybridized carbons (Fsp3) is 0.242. The van der Waals surface area contributed by atoms with E-state index >= 15 is 0 Å². The number of rotatable bonds is 7. The molecule has 1 saturated heterocycles. The highest BCUT2D eigenvalue weighted by Crippen LogP contribution is 2.33. The molecule has 0 bridgehead atoms. The fourth-order valence-corrected chi connectivity index (χ4v) is 6.70. The molecule has 2 aromatic carbocycles. The minimum Gasteiger partial charge on any atom is -0.351 e. The van der Waals surface area contributed by atoms with Crippen LogP contribution in [0.15, 0.2) is 77.3 Å². The number of hydrogen-bond acceptors (Lipinski definition) is 9. The molecule has 1 aliphatic heterocycles. The summed E-state index contributed by atoms with van der Waals surface area (Å²) in [6.07, 6.45) is 5.40. The molecule has 0 saturated carbocycles. The van der Waals surface area contributed by atoms with Gasteiger partial charge in [-0.15, -0.1) is 11.3 Å². The number of fused-ring (bicyclic) bond motifs is 1. The van der Waals surface area contributed by atoms with Gasteiger partial charge in [-0.05, 0) is 91.2 Å². The summed E-state index contributed by atoms with van der Waals surface area (Å²) in [6, 6.07) is 17.1. The molecule has 4 N–H and O–H groups in total. The van der Waals surface area contributed by atoms with Crippen molar-refractivity contribution in [2.45, 2.75) is 44.2 Å². The molecule has 0 spiro atoms. The van der Waals surface area contributed by atoms with Crippen LogP contribution in [0.3, 0.4) is 0 Å². The average molecular weight is 624 g/mol. The number of pyridine rings is 1. The third-order valence-electron chi connectivity index (χ3n) is 7.67. The number of likely N-dealkylation sites (tertiary alicyclic amines) is 1. The van der Waals surface area contributed by atoms with Crippen LogP contribution in [0.1, 0.15) is 40.7 Å². The van der Waals surface area contributed by atoms with Gasteiger partial charge in [0.25, 0.3) is 0 Å². The first-order valence-electron chi connectivity index (χ1n) is 14.4. The maximum absolute atomic E-state index is 11.5. The molecule has 0 amide bonds. The molecule has 6 rings (SSSR count). The number of hydrogen-bond donors (Lipinski definition) is 3. The van der Waals surface area contributed by atoms with E-state index in [2.05, 4.69) is 58.3 Å². The van der Waals surface area contributed by atoms with E-state index in [1.807, 2.05) is 35.7 Å². The van der Waals surface area contributed by atoms with E-state index < -0.39 is 10.0 Å². The predicted octanol–water partition coefficient (Wildman–Crippen LogP) is 5.57. The van der Waals surface area contributed by atoms with E-state index in [0.717, 1.165) is 82.0 Å². The Bertz CT molecular complexity index is 1930. The van der Waals surface area contributed by atoms with Crippen LogP contribution in [0.5, 0.6) is 0 Å². The normalized spacial score (nSPS) is 14.2. The van der Waals surface area contributed by atoms with Crippen molar-refractivity contribution in [2.75, 3.05) is 23.7 Å². The Kier molecular flexibility index (Phi) is 8.59. The average Bonchev–Trinajstić information content (AvgIpc) is 3.48. The zero-order valence-electron chi connectivity index (χ0n) is 24.5. The summed E-state index contributed by atoms with van der Waals surface area (Å²) in [7, 11) is -3.68. The largest absolute Gasteiger partial charge is 0.351 e. The third-order valence-corrected chi connectivity index (χ3v) is 9.51. The third kappa shape index (κ3) is 7.06. The SMILES string of the molecule is Cc1cc(C#Cc2cccnc2)cc(C)c1Nc1nc(NC2CCN(Cc3ccc(S(N)(=O)=O)cc3)CC2)nc2ccsc12. The molecule has 0 atom stereocenters. The molecule has 0 radical (unpaired) electrons. The summed E-state index contributed by atoms with van der Waals surface area (Å²) in [5.41, 5.74) is 6.99. The van der Waals surface area contributed by atoms with Gasteiger partial charge < -0.3 is 10.6 Å². The van der Waals surface area contributed by atoms with Gasteiger partial charge in [-0.1, -0.05) is 24.0 Å². The van der Waals surface area contributed by atoms with Crippen LogP contribution in [0.4, 0.5) is 17.5 Å². The number of benzene rings is 2. The fourth-order valence-electron chi connectivity index (χ4n) is 5.41. The zero-order valence-corrected chi connectivity index (χ0v) is 26.2. The van der Waals surface area contributed by atoms with Crippen molar-refractivity contribution in [3.8, 4) is 11.8 Å². The molecule has 44 heavy (non-hydrogen) atoms. The highest BCUT2D eigenvalue weighted by Gasteiger charge is 2.21. The lowest BCUT2D eigenvalue weighted by Gasteiger charge is -2.32. The molecule has 4 heterocycles. The predicted molar refractivity (Wildman–Crippen MR) is 177 cm³/mol. The van der Waals surface area contributed by atoms with Crippen molar-refractivity contribution in [1.29, 1.82) is 0 Å². The minimum atomic E-state index is -3.68. The maximum Gasteiger partial charge on any atom is 0.238 e. The van der Waals surface area contributed by atoms with Gasteiger partial charge in [-0.2, -0.15) is 4.98 Å². The van der Waals surface area contributed by atoms with Gasteiger partial charge in [0.15, 0.2) is 5.82 Å². The molecular weight excluding hydrogens is 591 g/mol. The van der Waals surface area contributed by atoms with Crippen LogP contribution >= 0.6 is 11.3 Å². The summed E-state index contributed by atoms with van der Waals surface area (Å²) < 4.78 is 24.1. The second kappa shape index (κ2) is 12.7. The van der Waals surface area contributed by atoms with Crippen molar-refractivity contribution in [3.05, 3.63) is 100 Å². The van der Waals surface area contributed by atoms with E-state index in [4.69, 9.17) is 15.1 Å². The molecular formula is C33H33N7O2S2. The first kappa shape index (κ1) is 29.7.